The van der Waals surface area contributed by atoms with Crippen molar-refractivity contribution in [1.82, 2.24) is 4.90 Å². The first kappa shape index (κ1) is 14.9. The highest BCUT2D eigenvalue weighted by Crippen LogP contribution is 2.49. The monoisotopic (exact) mass is 327 g/mol. The van der Waals surface area contributed by atoms with Crippen molar-refractivity contribution in [2.45, 2.75) is 43.8 Å². The standard InChI is InChI=1S/C19H21NO2S/c21-19(22)15-11-14-8-9-16(18(15)17-7-4-10-23-17)20(14)12-13-5-2-1-3-6-13/h1-7,10,14-16,18H,8-9,11-12H2,(H,21,22)/t14-,15-,16+,18-/m0/s1. The van der Waals surface area contributed by atoms with Gasteiger partial charge in [-0.1, -0.05) is 36.4 Å². The molecule has 0 radical (unpaired) electrons. The van der Waals surface area contributed by atoms with Crippen molar-refractivity contribution in [2.75, 3.05) is 0 Å². The molecule has 4 heteroatoms. The molecule has 1 aromatic heterocycles. The van der Waals surface area contributed by atoms with Crippen molar-refractivity contribution < 1.29 is 9.90 Å². The number of thiophene rings is 1. The predicted octanol–water partition coefficient (Wildman–Crippen LogP) is 3.97. The maximum Gasteiger partial charge on any atom is 0.307 e. The van der Waals surface area contributed by atoms with Crippen LogP contribution in [0.4, 0.5) is 0 Å². The molecule has 3 nitrogen and oxygen atoms in total. The number of hydrogen-bond acceptors (Lipinski definition) is 3. The molecule has 0 aliphatic carbocycles. The first-order chi connectivity index (χ1) is 11.2. The molecule has 2 fully saturated rings. The van der Waals surface area contributed by atoms with Crippen LogP contribution in [0.5, 0.6) is 0 Å². The lowest BCUT2D eigenvalue weighted by Gasteiger charge is -2.43. The van der Waals surface area contributed by atoms with E-state index in [2.05, 4.69) is 40.6 Å². The van der Waals surface area contributed by atoms with E-state index in [0.29, 0.717) is 12.1 Å². The average molecular weight is 327 g/mol. The zero-order chi connectivity index (χ0) is 15.8. The molecule has 4 rings (SSSR count). The summed E-state index contributed by atoms with van der Waals surface area (Å²) in [6.07, 6.45) is 3.02. The van der Waals surface area contributed by atoms with Crippen LogP contribution in [0.2, 0.25) is 0 Å². The Kier molecular flexibility index (Phi) is 3.95. The fraction of sp³-hybridized carbons (Fsp3) is 0.421. The van der Waals surface area contributed by atoms with E-state index >= 15 is 0 Å². The number of carbonyl (C=O) groups is 1. The maximum absolute atomic E-state index is 11.8. The molecule has 2 aromatic rings. The summed E-state index contributed by atoms with van der Waals surface area (Å²) in [5.41, 5.74) is 1.32. The van der Waals surface area contributed by atoms with Crippen LogP contribution in [0.25, 0.3) is 0 Å². The highest BCUT2D eigenvalue weighted by Gasteiger charge is 2.50. The summed E-state index contributed by atoms with van der Waals surface area (Å²) in [7, 11) is 0. The van der Waals surface area contributed by atoms with Crippen LogP contribution in [0.15, 0.2) is 47.8 Å². The zero-order valence-electron chi connectivity index (χ0n) is 13.0. The van der Waals surface area contributed by atoms with E-state index in [1.54, 1.807) is 11.3 Å². The predicted molar refractivity (Wildman–Crippen MR) is 91.6 cm³/mol. The van der Waals surface area contributed by atoms with E-state index in [0.717, 1.165) is 25.8 Å². The number of fused-ring (bicyclic) bond motifs is 2. The Bertz CT molecular complexity index is 670. The Morgan fingerprint density at radius 2 is 2.00 bits per heavy atom. The third-order valence-electron chi connectivity index (χ3n) is 5.46. The smallest absolute Gasteiger partial charge is 0.307 e. The van der Waals surface area contributed by atoms with Crippen LogP contribution in [0.1, 0.15) is 35.6 Å². The molecule has 4 atom stereocenters. The molecule has 2 bridgehead atoms. The first-order valence-corrected chi connectivity index (χ1v) is 9.18. The van der Waals surface area contributed by atoms with Gasteiger partial charge in [0.1, 0.15) is 0 Å². The van der Waals surface area contributed by atoms with Gasteiger partial charge in [0.05, 0.1) is 5.92 Å². The van der Waals surface area contributed by atoms with Gasteiger partial charge in [0.15, 0.2) is 0 Å². The molecule has 2 aliphatic rings. The molecule has 2 aliphatic heterocycles. The van der Waals surface area contributed by atoms with Crippen LogP contribution in [-0.4, -0.2) is 28.1 Å². The molecule has 3 heterocycles. The number of nitrogens with zero attached hydrogens (tertiary/aromatic N) is 1. The topological polar surface area (TPSA) is 40.5 Å². The minimum absolute atomic E-state index is 0.134. The Hall–Kier alpha value is -1.65. The van der Waals surface area contributed by atoms with E-state index < -0.39 is 5.97 Å². The summed E-state index contributed by atoms with van der Waals surface area (Å²) in [4.78, 5) is 15.6. The molecule has 0 spiro atoms. The van der Waals surface area contributed by atoms with E-state index in [9.17, 15) is 9.90 Å². The van der Waals surface area contributed by atoms with E-state index in [1.807, 2.05) is 12.1 Å². The molecule has 1 aromatic carbocycles. The second kappa shape index (κ2) is 6.10. The number of rotatable bonds is 4. The summed E-state index contributed by atoms with van der Waals surface area (Å²) in [5.74, 6) is -0.729. The van der Waals surface area contributed by atoms with Crippen LogP contribution in [-0.2, 0) is 11.3 Å². The van der Waals surface area contributed by atoms with Gasteiger partial charge in [-0.05, 0) is 36.3 Å². The van der Waals surface area contributed by atoms with Crippen molar-refractivity contribution in [3.8, 4) is 0 Å². The third-order valence-corrected chi connectivity index (χ3v) is 6.44. The molecule has 2 saturated heterocycles. The highest BCUT2D eigenvalue weighted by molar-refractivity contribution is 7.10. The van der Waals surface area contributed by atoms with Crippen LogP contribution < -0.4 is 0 Å². The van der Waals surface area contributed by atoms with Gasteiger partial charge in [-0.3, -0.25) is 9.69 Å². The Balaban J connectivity index is 1.65. The first-order valence-electron chi connectivity index (χ1n) is 8.30. The Labute approximate surface area is 140 Å². The van der Waals surface area contributed by atoms with Crippen molar-refractivity contribution in [1.29, 1.82) is 0 Å². The van der Waals surface area contributed by atoms with E-state index in [-0.39, 0.29) is 11.8 Å². The van der Waals surface area contributed by atoms with E-state index in [4.69, 9.17) is 0 Å². The van der Waals surface area contributed by atoms with Crippen LogP contribution >= 0.6 is 11.3 Å². The summed E-state index contributed by atoms with van der Waals surface area (Å²) in [5, 5.41) is 11.8. The molecule has 120 valence electrons. The molecule has 1 N–H and O–H groups in total. The maximum atomic E-state index is 11.8. The van der Waals surface area contributed by atoms with Gasteiger partial charge in [0, 0.05) is 29.4 Å². The lowest BCUT2D eigenvalue weighted by Crippen LogP contribution is -2.48. The van der Waals surface area contributed by atoms with Crippen LogP contribution in [0, 0.1) is 5.92 Å². The molecular weight excluding hydrogens is 306 g/mol. The van der Waals surface area contributed by atoms with Crippen molar-refractivity contribution in [3.05, 3.63) is 58.3 Å². The number of aliphatic carboxylic acids is 1. The van der Waals surface area contributed by atoms with Gasteiger partial charge < -0.3 is 5.11 Å². The fourth-order valence-electron chi connectivity index (χ4n) is 4.48. The number of hydrogen-bond donors (Lipinski definition) is 1. The van der Waals surface area contributed by atoms with Gasteiger partial charge in [-0.25, -0.2) is 0 Å². The highest BCUT2D eigenvalue weighted by atomic mass is 32.1. The van der Waals surface area contributed by atoms with E-state index in [1.165, 1.54) is 10.4 Å². The van der Waals surface area contributed by atoms with Crippen molar-refractivity contribution >= 4 is 17.3 Å². The average Bonchev–Trinajstić information content (AvgIpc) is 3.16. The Morgan fingerprint density at radius 3 is 2.70 bits per heavy atom. The van der Waals surface area contributed by atoms with Gasteiger partial charge in [0.25, 0.3) is 0 Å². The normalized spacial score (nSPS) is 30.4. The quantitative estimate of drug-likeness (QED) is 0.924. The lowest BCUT2D eigenvalue weighted by atomic mass is 9.79. The number of carboxylic acid groups (broad SMARTS) is 1. The molecule has 23 heavy (non-hydrogen) atoms. The van der Waals surface area contributed by atoms with Gasteiger partial charge in [0.2, 0.25) is 0 Å². The van der Waals surface area contributed by atoms with Gasteiger partial charge in [-0.2, -0.15) is 0 Å². The molecule has 0 amide bonds. The number of piperidine rings is 1. The number of carboxylic acids is 1. The molecular formula is C19H21NO2S. The largest absolute Gasteiger partial charge is 0.481 e. The summed E-state index contributed by atoms with van der Waals surface area (Å²) in [6.45, 7) is 0.935. The fourth-order valence-corrected chi connectivity index (χ4v) is 5.43. The zero-order valence-corrected chi connectivity index (χ0v) is 13.8. The minimum atomic E-state index is -0.625. The van der Waals surface area contributed by atoms with Crippen molar-refractivity contribution in [3.63, 3.8) is 0 Å². The third kappa shape index (κ3) is 2.70. The second-order valence-electron chi connectivity index (χ2n) is 6.68. The Morgan fingerprint density at radius 1 is 1.17 bits per heavy atom. The van der Waals surface area contributed by atoms with Crippen LogP contribution in [0.3, 0.4) is 0 Å². The minimum Gasteiger partial charge on any atom is -0.481 e. The van der Waals surface area contributed by atoms with Gasteiger partial charge in [-0.15, -0.1) is 11.3 Å². The SMILES string of the molecule is O=C(O)[C@H]1C[C@@H]2CC[C@H]([C@H]1c1cccs1)N2Cc1ccccc1. The van der Waals surface area contributed by atoms with Gasteiger partial charge >= 0.3 is 5.97 Å². The molecule has 0 unspecified atom stereocenters. The summed E-state index contributed by atoms with van der Waals surface area (Å²) >= 11 is 1.71. The number of benzene rings is 1. The summed E-state index contributed by atoms with van der Waals surface area (Å²) < 4.78 is 0. The lowest BCUT2D eigenvalue weighted by molar-refractivity contribution is -0.145. The second-order valence-corrected chi connectivity index (χ2v) is 7.66. The molecule has 0 saturated carbocycles. The van der Waals surface area contributed by atoms with Crippen molar-refractivity contribution in [2.24, 2.45) is 5.92 Å². The summed E-state index contributed by atoms with van der Waals surface area (Å²) in [6, 6.07) is 15.5.